The summed E-state index contributed by atoms with van der Waals surface area (Å²) in [5.74, 6) is 0.587. The average Bonchev–Trinajstić information content (AvgIpc) is 2.37. The minimum atomic E-state index is -1.07. The fourth-order valence-corrected chi connectivity index (χ4v) is 3.44. The predicted octanol–water partition coefficient (Wildman–Crippen LogP) is 1.36. The van der Waals surface area contributed by atoms with Crippen LogP contribution in [0.2, 0.25) is 5.02 Å². The van der Waals surface area contributed by atoms with Gasteiger partial charge in [-0.05, 0) is 18.2 Å². The average molecular weight is 289 g/mol. The topological polar surface area (TPSA) is 55.6 Å². The molecule has 1 fully saturated rings. The maximum Gasteiger partial charge on any atom is 0.0594 e. The molecule has 100 valence electrons. The number of hydrogen-bond donors (Lipinski definition) is 1. The van der Waals surface area contributed by atoms with Crippen LogP contribution in [-0.4, -0.2) is 47.7 Å². The van der Waals surface area contributed by atoms with Crippen LogP contribution >= 0.6 is 11.6 Å². The second-order valence-corrected chi connectivity index (χ2v) is 6.14. The second kappa shape index (κ2) is 6.52. The molecule has 18 heavy (non-hydrogen) atoms. The van der Waals surface area contributed by atoms with Crippen molar-refractivity contribution in [3.63, 3.8) is 0 Å². The van der Waals surface area contributed by atoms with E-state index in [2.05, 4.69) is 4.90 Å². The van der Waals surface area contributed by atoms with E-state index >= 15 is 0 Å². The highest BCUT2D eigenvalue weighted by Crippen LogP contribution is 2.22. The number of nitrogens with zero attached hydrogens (tertiary/aromatic N) is 1. The Kier molecular flexibility index (Phi) is 5.00. The van der Waals surface area contributed by atoms with Gasteiger partial charge in [-0.25, -0.2) is 0 Å². The third-order valence-corrected chi connectivity index (χ3v) is 4.72. The number of rotatable bonds is 4. The van der Waals surface area contributed by atoms with E-state index in [1.54, 1.807) is 18.2 Å². The summed E-state index contributed by atoms with van der Waals surface area (Å²) in [7, 11) is -1.07. The van der Waals surface area contributed by atoms with Gasteiger partial charge in [0, 0.05) is 31.1 Å². The standard InChI is InChI=1S/C12H17ClN2O2S/c13-11-9-10(14)1-2-12(11)18(16)8-5-15-3-6-17-7-4-15/h1-2,9H,3-8,14H2. The maximum atomic E-state index is 12.1. The van der Waals surface area contributed by atoms with Crippen molar-refractivity contribution in [2.45, 2.75) is 4.90 Å². The van der Waals surface area contributed by atoms with Crippen LogP contribution in [0.25, 0.3) is 0 Å². The first kappa shape index (κ1) is 13.8. The predicted molar refractivity (Wildman–Crippen MR) is 74.4 cm³/mol. The van der Waals surface area contributed by atoms with Gasteiger partial charge in [-0.15, -0.1) is 0 Å². The summed E-state index contributed by atoms with van der Waals surface area (Å²) < 4.78 is 17.4. The Labute approximate surface area is 115 Å². The van der Waals surface area contributed by atoms with Gasteiger partial charge in [-0.3, -0.25) is 9.11 Å². The van der Waals surface area contributed by atoms with Crippen LogP contribution in [-0.2, 0) is 15.5 Å². The monoisotopic (exact) mass is 288 g/mol. The van der Waals surface area contributed by atoms with Crippen molar-refractivity contribution in [3.8, 4) is 0 Å². The number of halogens is 1. The van der Waals surface area contributed by atoms with E-state index in [1.807, 2.05) is 0 Å². The molecule has 1 aliphatic rings. The van der Waals surface area contributed by atoms with Crippen LogP contribution in [0.15, 0.2) is 23.1 Å². The number of ether oxygens (including phenoxy) is 1. The molecule has 0 radical (unpaired) electrons. The number of nitrogen functional groups attached to an aromatic ring is 1. The van der Waals surface area contributed by atoms with Gasteiger partial charge in [-0.1, -0.05) is 11.6 Å². The zero-order valence-electron chi connectivity index (χ0n) is 10.1. The Bertz CT molecular complexity index is 436. The van der Waals surface area contributed by atoms with Crippen LogP contribution in [0.5, 0.6) is 0 Å². The van der Waals surface area contributed by atoms with Gasteiger partial charge in [-0.2, -0.15) is 0 Å². The Morgan fingerprint density at radius 3 is 2.78 bits per heavy atom. The first-order valence-corrected chi connectivity index (χ1v) is 7.60. The van der Waals surface area contributed by atoms with Crippen molar-refractivity contribution in [1.29, 1.82) is 0 Å². The van der Waals surface area contributed by atoms with E-state index in [4.69, 9.17) is 22.1 Å². The summed E-state index contributed by atoms with van der Waals surface area (Å²) in [5, 5.41) is 0.482. The van der Waals surface area contributed by atoms with Crippen LogP contribution in [0.4, 0.5) is 5.69 Å². The first-order valence-electron chi connectivity index (χ1n) is 5.90. The number of nitrogens with two attached hydrogens (primary N) is 1. The molecule has 0 aromatic heterocycles. The lowest BCUT2D eigenvalue weighted by molar-refractivity contribution is 0.0409. The largest absolute Gasteiger partial charge is 0.399 e. The molecule has 0 aliphatic carbocycles. The molecule has 1 atom stereocenters. The third kappa shape index (κ3) is 3.68. The fourth-order valence-electron chi connectivity index (χ4n) is 1.85. The highest BCUT2D eigenvalue weighted by atomic mass is 35.5. The molecule has 4 nitrogen and oxygen atoms in total. The van der Waals surface area contributed by atoms with Gasteiger partial charge >= 0.3 is 0 Å². The van der Waals surface area contributed by atoms with Crippen molar-refractivity contribution in [2.75, 3.05) is 44.3 Å². The van der Waals surface area contributed by atoms with Crippen molar-refractivity contribution in [3.05, 3.63) is 23.2 Å². The zero-order valence-corrected chi connectivity index (χ0v) is 11.7. The fraction of sp³-hybridized carbons (Fsp3) is 0.500. The zero-order chi connectivity index (χ0) is 13.0. The Hall–Kier alpha value is -0.620. The summed E-state index contributed by atoms with van der Waals surface area (Å²) in [4.78, 5) is 2.92. The summed E-state index contributed by atoms with van der Waals surface area (Å²) in [6.45, 7) is 4.14. The Balaban J connectivity index is 1.90. The van der Waals surface area contributed by atoms with E-state index in [-0.39, 0.29) is 0 Å². The van der Waals surface area contributed by atoms with E-state index in [9.17, 15) is 4.21 Å². The van der Waals surface area contributed by atoms with Crippen LogP contribution < -0.4 is 5.73 Å². The SMILES string of the molecule is Nc1ccc(S(=O)CCN2CCOCC2)c(Cl)c1. The normalized spacial score (nSPS) is 18.7. The molecule has 1 aromatic rings. The van der Waals surface area contributed by atoms with E-state index in [0.29, 0.717) is 21.4 Å². The van der Waals surface area contributed by atoms with Gasteiger partial charge in [0.2, 0.25) is 0 Å². The number of morpholine rings is 1. The number of anilines is 1. The second-order valence-electron chi connectivity index (χ2n) is 4.19. The number of hydrogen-bond acceptors (Lipinski definition) is 4. The molecular formula is C12H17ClN2O2S. The minimum Gasteiger partial charge on any atom is -0.399 e. The lowest BCUT2D eigenvalue weighted by atomic mass is 10.3. The lowest BCUT2D eigenvalue weighted by Gasteiger charge is -2.26. The van der Waals surface area contributed by atoms with Gasteiger partial charge in [0.05, 0.1) is 33.9 Å². The van der Waals surface area contributed by atoms with E-state index in [0.717, 1.165) is 32.8 Å². The van der Waals surface area contributed by atoms with Gasteiger partial charge in [0.15, 0.2) is 0 Å². The molecular weight excluding hydrogens is 272 g/mol. The Morgan fingerprint density at radius 2 is 2.11 bits per heavy atom. The lowest BCUT2D eigenvalue weighted by Crippen LogP contribution is -2.38. The molecule has 0 spiro atoms. The van der Waals surface area contributed by atoms with E-state index in [1.165, 1.54) is 0 Å². The molecule has 1 heterocycles. The molecule has 0 amide bonds. The molecule has 1 unspecified atom stereocenters. The van der Waals surface area contributed by atoms with E-state index < -0.39 is 10.8 Å². The smallest absolute Gasteiger partial charge is 0.0594 e. The van der Waals surface area contributed by atoms with Crippen LogP contribution in [0, 0.1) is 0 Å². The first-order chi connectivity index (χ1) is 8.66. The molecule has 1 aliphatic heterocycles. The van der Waals surface area contributed by atoms with Crippen molar-refractivity contribution in [1.82, 2.24) is 4.90 Å². The summed E-state index contributed by atoms with van der Waals surface area (Å²) >= 11 is 6.04. The van der Waals surface area contributed by atoms with Crippen molar-refractivity contribution >= 4 is 28.1 Å². The Morgan fingerprint density at radius 1 is 1.39 bits per heavy atom. The van der Waals surface area contributed by atoms with Gasteiger partial charge < -0.3 is 10.5 Å². The summed E-state index contributed by atoms with van der Waals surface area (Å²) in [6, 6.07) is 5.12. The van der Waals surface area contributed by atoms with Gasteiger partial charge in [0.1, 0.15) is 0 Å². The van der Waals surface area contributed by atoms with Crippen LogP contribution in [0.3, 0.4) is 0 Å². The molecule has 2 rings (SSSR count). The minimum absolute atomic E-state index is 0.482. The van der Waals surface area contributed by atoms with Gasteiger partial charge in [0.25, 0.3) is 0 Å². The molecule has 0 saturated carbocycles. The molecule has 1 aromatic carbocycles. The van der Waals surface area contributed by atoms with Crippen LogP contribution in [0.1, 0.15) is 0 Å². The maximum absolute atomic E-state index is 12.1. The van der Waals surface area contributed by atoms with Crippen molar-refractivity contribution in [2.24, 2.45) is 0 Å². The number of benzene rings is 1. The van der Waals surface area contributed by atoms with Crippen molar-refractivity contribution < 1.29 is 8.95 Å². The summed E-state index contributed by atoms with van der Waals surface area (Å²) in [6.07, 6.45) is 0. The molecule has 1 saturated heterocycles. The molecule has 6 heteroatoms. The quantitative estimate of drug-likeness (QED) is 0.850. The summed E-state index contributed by atoms with van der Waals surface area (Å²) in [5.41, 5.74) is 6.20. The highest BCUT2D eigenvalue weighted by Gasteiger charge is 2.13. The molecule has 2 N–H and O–H groups in total. The third-order valence-electron chi connectivity index (χ3n) is 2.90. The molecule has 0 bridgehead atoms. The highest BCUT2D eigenvalue weighted by molar-refractivity contribution is 7.85.